The maximum absolute atomic E-state index is 6.24. The Morgan fingerprint density at radius 3 is 2.79 bits per heavy atom. The van der Waals surface area contributed by atoms with Gasteiger partial charge in [0.15, 0.2) is 5.96 Å². The van der Waals surface area contributed by atoms with Crippen LogP contribution in [-0.4, -0.2) is 29.3 Å². The van der Waals surface area contributed by atoms with Gasteiger partial charge in [0.05, 0.1) is 6.04 Å². The van der Waals surface area contributed by atoms with Gasteiger partial charge in [-0.1, -0.05) is 29.3 Å². The van der Waals surface area contributed by atoms with Crippen molar-refractivity contribution in [2.45, 2.75) is 25.9 Å². The molecule has 0 saturated heterocycles. The number of halogens is 3. The molecule has 1 unspecified atom stereocenters. The first-order chi connectivity index (χ1) is 11.1. The second-order valence-electron chi connectivity index (χ2n) is 5.15. The molecule has 0 bridgehead atoms. The Kier molecular flexibility index (Phi) is 9.46. The molecule has 2 rings (SSSR count). The molecular weight excluding hydrogens is 460 g/mol. The van der Waals surface area contributed by atoms with Crippen molar-refractivity contribution in [2.75, 3.05) is 13.6 Å². The van der Waals surface area contributed by atoms with Crippen LogP contribution in [0.25, 0.3) is 0 Å². The van der Waals surface area contributed by atoms with Gasteiger partial charge in [-0.15, -0.1) is 24.0 Å². The highest BCUT2D eigenvalue weighted by atomic mass is 127. The van der Waals surface area contributed by atoms with E-state index in [0.29, 0.717) is 10.0 Å². The molecule has 5 nitrogen and oxygen atoms in total. The molecule has 2 aromatic rings. The Balaban J connectivity index is 0.00000288. The van der Waals surface area contributed by atoms with Crippen LogP contribution in [-0.2, 0) is 6.54 Å². The topological polar surface area (TPSA) is 54.2 Å². The quantitative estimate of drug-likeness (QED) is 0.282. The number of rotatable bonds is 6. The van der Waals surface area contributed by atoms with E-state index < -0.39 is 0 Å². The molecule has 0 aliphatic rings. The Morgan fingerprint density at radius 2 is 2.17 bits per heavy atom. The summed E-state index contributed by atoms with van der Waals surface area (Å²) in [6, 6.07) is 7.45. The number of guanidine groups is 1. The van der Waals surface area contributed by atoms with Gasteiger partial charge in [0, 0.05) is 42.6 Å². The minimum absolute atomic E-state index is 0. The van der Waals surface area contributed by atoms with Crippen LogP contribution in [0.2, 0.25) is 10.0 Å². The van der Waals surface area contributed by atoms with Crippen LogP contribution in [0.15, 0.2) is 41.7 Å². The van der Waals surface area contributed by atoms with Gasteiger partial charge >= 0.3 is 0 Å². The van der Waals surface area contributed by atoms with Gasteiger partial charge in [-0.2, -0.15) is 5.10 Å². The molecule has 1 heterocycles. The van der Waals surface area contributed by atoms with Crippen LogP contribution in [0.4, 0.5) is 0 Å². The zero-order valence-electron chi connectivity index (χ0n) is 13.7. The van der Waals surface area contributed by atoms with E-state index >= 15 is 0 Å². The summed E-state index contributed by atoms with van der Waals surface area (Å²) < 4.78 is 1.91. The summed E-state index contributed by atoms with van der Waals surface area (Å²) in [6.45, 7) is 3.71. The maximum atomic E-state index is 6.24. The zero-order chi connectivity index (χ0) is 16.7. The van der Waals surface area contributed by atoms with Crippen LogP contribution >= 0.6 is 47.2 Å². The average Bonchev–Trinajstić information content (AvgIpc) is 3.03. The second kappa shape index (κ2) is 10.8. The minimum atomic E-state index is 0. The van der Waals surface area contributed by atoms with Gasteiger partial charge in [0.1, 0.15) is 0 Å². The number of hydrogen-bond acceptors (Lipinski definition) is 2. The second-order valence-corrected chi connectivity index (χ2v) is 6.00. The van der Waals surface area contributed by atoms with Gasteiger partial charge in [-0.3, -0.25) is 9.67 Å². The highest BCUT2D eigenvalue weighted by Gasteiger charge is 2.11. The number of aliphatic imine (C=N–C) groups is 1. The molecule has 1 aromatic heterocycles. The first-order valence-corrected chi connectivity index (χ1v) is 8.25. The van der Waals surface area contributed by atoms with Crippen molar-refractivity contribution in [1.82, 2.24) is 20.4 Å². The van der Waals surface area contributed by atoms with Crippen molar-refractivity contribution in [3.05, 3.63) is 52.3 Å². The van der Waals surface area contributed by atoms with Crippen LogP contribution in [0.3, 0.4) is 0 Å². The van der Waals surface area contributed by atoms with Crippen molar-refractivity contribution in [3.63, 3.8) is 0 Å². The third-order valence-electron chi connectivity index (χ3n) is 3.42. The lowest BCUT2D eigenvalue weighted by molar-refractivity contribution is 0.567. The highest BCUT2D eigenvalue weighted by Crippen LogP contribution is 2.25. The largest absolute Gasteiger partial charge is 0.356 e. The number of nitrogens with zero attached hydrogens (tertiary/aromatic N) is 3. The lowest BCUT2D eigenvalue weighted by Gasteiger charge is -2.19. The molecule has 132 valence electrons. The first kappa shape index (κ1) is 21.1. The van der Waals surface area contributed by atoms with Gasteiger partial charge in [-0.25, -0.2) is 0 Å². The molecule has 0 saturated carbocycles. The highest BCUT2D eigenvalue weighted by molar-refractivity contribution is 14.0. The number of hydrogen-bond donors (Lipinski definition) is 2. The third-order valence-corrected chi connectivity index (χ3v) is 3.98. The summed E-state index contributed by atoms with van der Waals surface area (Å²) in [7, 11) is 1.75. The standard InChI is InChI=1S/C16H21Cl2N5.HI/c1-12(14-6-5-13(17)11-15(14)18)22-16(19-2)20-7-3-9-23-10-4-8-21-23;/h4-6,8,10-12H,3,7,9H2,1-2H3,(H2,19,20,22);1H. The van der Waals surface area contributed by atoms with Gasteiger partial charge < -0.3 is 10.6 Å². The van der Waals surface area contributed by atoms with Crippen molar-refractivity contribution in [1.29, 1.82) is 0 Å². The molecule has 0 radical (unpaired) electrons. The number of aromatic nitrogens is 2. The van der Waals surface area contributed by atoms with E-state index in [2.05, 4.69) is 20.7 Å². The van der Waals surface area contributed by atoms with Crippen molar-refractivity contribution >= 4 is 53.1 Å². The van der Waals surface area contributed by atoms with Gasteiger partial charge in [-0.05, 0) is 37.1 Å². The fourth-order valence-electron chi connectivity index (χ4n) is 2.21. The van der Waals surface area contributed by atoms with Crippen molar-refractivity contribution < 1.29 is 0 Å². The van der Waals surface area contributed by atoms with E-state index in [1.165, 1.54) is 0 Å². The average molecular weight is 482 g/mol. The predicted molar refractivity (Wildman–Crippen MR) is 112 cm³/mol. The Morgan fingerprint density at radius 1 is 1.38 bits per heavy atom. The summed E-state index contributed by atoms with van der Waals surface area (Å²) in [4.78, 5) is 4.24. The lowest BCUT2D eigenvalue weighted by Crippen LogP contribution is -2.39. The molecule has 2 N–H and O–H groups in total. The fourth-order valence-corrected chi connectivity index (χ4v) is 2.78. The monoisotopic (exact) mass is 481 g/mol. The summed E-state index contributed by atoms with van der Waals surface area (Å²) in [5.74, 6) is 0.740. The van der Waals surface area contributed by atoms with E-state index in [9.17, 15) is 0 Å². The Labute approximate surface area is 169 Å². The van der Waals surface area contributed by atoms with Crippen LogP contribution in [0, 0.1) is 0 Å². The smallest absolute Gasteiger partial charge is 0.191 e. The molecule has 1 aromatic carbocycles. The normalized spacial score (nSPS) is 12.4. The van der Waals surface area contributed by atoms with E-state index in [-0.39, 0.29) is 30.0 Å². The molecule has 0 amide bonds. The van der Waals surface area contributed by atoms with Crippen molar-refractivity contribution in [3.8, 4) is 0 Å². The predicted octanol–water partition coefficient (Wildman–Crippen LogP) is 4.12. The minimum Gasteiger partial charge on any atom is -0.356 e. The molecule has 8 heteroatoms. The molecule has 0 fully saturated rings. The Hall–Kier alpha value is -0.990. The number of aryl methyl sites for hydroxylation is 1. The SMILES string of the molecule is CN=C(NCCCn1cccn1)NC(C)c1ccc(Cl)cc1Cl.I. The maximum Gasteiger partial charge on any atom is 0.191 e. The van der Waals surface area contributed by atoms with E-state index in [1.807, 2.05) is 36.0 Å². The van der Waals surface area contributed by atoms with Crippen molar-refractivity contribution in [2.24, 2.45) is 4.99 Å². The zero-order valence-corrected chi connectivity index (χ0v) is 17.5. The number of nitrogens with one attached hydrogen (secondary N) is 2. The van der Waals surface area contributed by atoms with Crippen LogP contribution in [0.5, 0.6) is 0 Å². The molecule has 1 atom stereocenters. The molecule has 24 heavy (non-hydrogen) atoms. The first-order valence-electron chi connectivity index (χ1n) is 7.49. The summed E-state index contributed by atoms with van der Waals surface area (Å²) in [5, 5.41) is 12.1. The van der Waals surface area contributed by atoms with Gasteiger partial charge in [0.2, 0.25) is 0 Å². The van der Waals surface area contributed by atoms with Gasteiger partial charge in [0.25, 0.3) is 0 Å². The fraction of sp³-hybridized carbons (Fsp3) is 0.375. The summed E-state index contributed by atoms with van der Waals surface area (Å²) in [5.41, 5.74) is 0.982. The number of benzene rings is 1. The molecule has 0 aliphatic carbocycles. The summed E-state index contributed by atoms with van der Waals surface area (Å²) in [6.07, 6.45) is 4.70. The van der Waals surface area contributed by atoms with E-state index in [0.717, 1.165) is 31.0 Å². The lowest BCUT2D eigenvalue weighted by atomic mass is 10.1. The van der Waals surface area contributed by atoms with Crippen LogP contribution in [0.1, 0.15) is 24.9 Å². The summed E-state index contributed by atoms with van der Waals surface area (Å²) >= 11 is 12.2. The molecule has 0 spiro atoms. The van der Waals surface area contributed by atoms with E-state index in [4.69, 9.17) is 23.2 Å². The molecular formula is C16H22Cl2IN5. The van der Waals surface area contributed by atoms with E-state index in [1.54, 1.807) is 19.3 Å². The Bertz CT molecular complexity index is 646. The molecule has 0 aliphatic heterocycles. The van der Waals surface area contributed by atoms with Crippen LogP contribution < -0.4 is 10.6 Å². The third kappa shape index (κ3) is 6.49.